The molecule has 8 nitrogen and oxygen atoms in total. The molecule has 2 aromatic heterocycles. The second-order valence-electron chi connectivity index (χ2n) is 6.23. The summed E-state index contributed by atoms with van der Waals surface area (Å²) in [7, 11) is 0. The highest BCUT2D eigenvalue weighted by Gasteiger charge is 2.18. The van der Waals surface area contributed by atoms with Crippen LogP contribution in [0.5, 0.6) is 5.88 Å². The van der Waals surface area contributed by atoms with E-state index >= 15 is 0 Å². The Morgan fingerprint density at radius 3 is 2.96 bits per heavy atom. The molecule has 0 spiro atoms. The highest BCUT2D eigenvalue weighted by molar-refractivity contribution is 5.96. The predicted molar refractivity (Wildman–Crippen MR) is 94.9 cm³/mol. The number of aromatic hydroxyl groups is 1. The SMILES string of the molecule is O=C(N=Nc1c(O)[nH]c2ccccc12)c1cnc2n(c1=O)CCCCC2. The van der Waals surface area contributed by atoms with E-state index in [9.17, 15) is 14.7 Å². The third-order valence-electron chi connectivity index (χ3n) is 4.54. The van der Waals surface area contributed by atoms with Crippen molar-refractivity contribution in [2.24, 2.45) is 10.2 Å². The zero-order valence-electron chi connectivity index (χ0n) is 14.0. The Morgan fingerprint density at radius 1 is 1.23 bits per heavy atom. The molecule has 132 valence electrons. The van der Waals surface area contributed by atoms with E-state index < -0.39 is 5.91 Å². The number of hydrogen-bond acceptors (Lipinski definition) is 5. The number of azo groups is 1. The molecule has 3 aromatic rings. The van der Waals surface area contributed by atoms with Crippen LogP contribution in [0, 0.1) is 0 Å². The standard InChI is InChI=1S/C18H17N5O3/c24-16(12-10-19-14-8-2-1-5-9-23(14)18(12)26)22-21-15-11-6-3-4-7-13(11)20-17(15)25/h3-4,6-7,10,20,25H,1-2,5,8-9H2. The molecule has 0 bridgehead atoms. The number of fused-ring (bicyclic) bond motifs is 2. The first kappa shape index (κ1) is 16.2. The Balaban J connectivity index is 1.68. The molecule has 0 saturated carbocycles. The number of aryl methyl sites for hydroxylation is 1. The van der Waals surface area contributed by atoms with Gasteiger partial charge in [0.15, 0.2) is 5.69 Å². The molecule has 1 aliphatic heterocycles. The summed E-state index contributed by atoms with van der Waals surface area (Å²) in [4.78, 5) is 32.0. The minimum absolute atomic E-state index is 0.112. The van der Waals surface area contributed by atoms with E-state index in [0.29, 0.717) is 23.3 Å². The number of H-pyrrole nitrogens is 1. The Kier molecular flexibility index (Phi) is 4.08. The minimum atomic E-state index is -0.772. The lowest BCUT2D eigenvalue weighted by molar-refractivity contribution is 0.0992. The van der Waals surface area contributed by atoms with Gasteiger partial charge in [0.05, 0.1) is 5.52 Å². The third-order valence-corrected chi connectivity index (χ3v) is 4.54. The number of para-hydroxylation sites is 1. The van der Waals surface area contributed by atoms with Crippen LogP contribution in [0.15, 0.2) is 45.5 Å². The van der Waals surface area contributed by atoms with Gasteiger partial charge in [-0.2, -0.15) is 0 Å². The summed E-state index contributed by atoms with van der Waals surface area (Å²) in [6.45, 7) is 0.558. The molecule has 1 amide bonds. The average Bonchev–Trinajstić information content (AvgIpc) is 2.81. The molecule has 0 atom stereocenters. The molecule has 0 unspecified atom stereocenters. The largest absolute Gasteiger partial charge is 0.493 e. The quantitative estimate of drug-likeness (QED) is 0.691. The molecule has 0 saturated heterocycles. The molecule has 0 radical (unpaired) electrons. The molecule has 1 aliphatic rings. The summed E-state index contributed by atoms with van der Waals surface area (Å²) < 4.78 is 1.55. The number of amides is 1. The molecular formula is C18H17N5O3. The van der Waals surface area contributed by atoms with Crippen molar-refractivity contribution >= 4 is 22.5 Å². The van der Waals surface area contributed by atoms with Crippen LogP contribution < -0.4 is 5.56 Å². The van der Waals surface area contributed by atoms with Crippen LogP contribution in [0.3, 0.4) is 0 Å². The molecule has 4 rings (SSSR count). The first-order valence-electron chi connectivity index (χ1n) is 8.49. The van der Waals surface area contributed by atoms with Gasteiger partial charge in [0.25, 0.3) is 5.56 Å². The van der Waals surface area contributed by atoms with E-state index in [-0.39, 0.29) is 22.7 Å². The molecule has 3 heterocycles. The number of nitrogens with zero attached hydrogens (tertiary/aromatic N) is 4. The van der Waals surface area contributed by atoms with Crippen LogP contribution in [0.1, 0.15) is 35.4 Å². The maximum Gasteiger partial charge on any atom is 0.302 e. The summed E-state index contributed by atoms with van der Waals surface area (Å²) in [5, 5.41) is 18.1. The maximum atomic E-state index is 12.6. The van der Waals surface area contributed by atoms with Crippen LogP contribution in [0.4, 0.5) is 5.69 Å². The summed E-state index contributed by atoms with van der Waals surface area (Å²) in [5.74, 6) is -0.249. The number of carbonyl (C=O) groups is 1. The van der Waals surface area contributed by atoms with Gasteiger partial charge in [0.1, 0.15) is 11.4 Å². The summed E-state index contributed by atoms with van der Waals surface area (Å²) in [6.07, 6.45) is 4.91. The van der Waals surface area contributed by atoms with Gasteiger partial charge in [-0.05, 0) is 18.9 Å². The Labute approximate surface area is 148 Å². The van der Waals surface area contributed by atoms with Gasteiger partial charge in [-0.1, -0.05) is 24.6 Å². The van der Waals surface area contributed by atoms with E-state index in [4.69, 9.17) is 0 Å². The lowest BCUT2D eigenvalue weighted by Crippen LogP contribution is -2.29. The van der Waals surface area contributed by atoms with Crippen molar-refractivity contribution in [1.82, 2.24) is 14.5 Å². The summed E-state index contributed by atoms with van der Waals surface area (Å²) >= 11 is 0. The second kappa shape index (κ2) is 6.55. The number of nitrogens with one attached hydrogen (secondary N) is 1. The fourth-order valence-electron chi connectivity index (χ4n) is 3.20. The highest BCUT2D eigenvalue weighted by Crippen LogP contribution is 2.35. The van der Waals surface area contributed by atoms with Crippen molar-refractivity contribution in [3.63, 3.8) is 0 Å². The predicted octanol–water partition coefficient (Wildman–Crippen LogP) is 3.08. The van der Waals surface area contributed by atoms with Gasteiger partial charge in [0, 0.05) is 24.5 Å². The number of hydrogen-bond donors (Lipinski definition) is 2. The van der Waals surface area contributed by atoms with E-state index in [0.717, 1.165) is 25.7 Å². The number of aromatic nitrogens is 3. The molecule has 8 heteroatoms. The van der Waals surface area contributed by atoms with E-state index in [1.165, 1.54) is 6.20 Å². The lowest BCUT2D eigenvalue weighted by atomic mass is 10.2. The third kappa shape index (κ3) is 2.79. The average molecular weight is 351 g/mol. The van der Waals surface area contributed by atoms with E-state index in [2.05, 4.69) is 20.2 Å². The highest BCUT2D eigenvalue weighted by atomic mass is 16.3. The van der Waals surface area contributed by atoms with Crippen LogP contribution in [-0.4, -0.2) is 25.5 Å². The number of benzene rings is 1. The fraction of sp³-hybridized carbons (Fsp3) is 0.278. The van der Waals surface area contributed by atoms with Gasteiger partial charge in [-0.25, -0.2) is 4.98 Å². The zero-order chi connectivity index (χ0) is 18.1. The Morgan fingerprint density at radius 2 is 2.08 bits per heavy atom. The van der Waals surface area contributed by atoms with Gasteiger partial charge < -0.3 is 10.1 Å². The number of aromatic amines is 1. The summed E-state index contributed by atoms with van der Waals surface area (Å²) in [5.41, 5.74) is 0.345. The van der Waals surface area contributed by atoms with Crippen molar-refractivity contribution in [3.05, 3.63) is 52.2 Å². The molecule has 26 heavy (non-hydrogen) atoms. The fourth-order valence-corrected chi connectivity index (χ4v) is 3.20. The topological polar surface area (TPSA) is 113 Å². The van der Waals surface area contributed by atoms with Crippen molar-refractivity contribution in [3.8, 4) is 5.88 Å². The normalized spacial score (nSPS) is 14.5. The zero-order valence-corrected chi connectivity index (χ0v) is 14.0. The van der Waals surface area contributed by atoms with Crippen molar-refractivity contribution < 1.29 is 9.90 Å². The second-order valence-corrected chi connectivity index (χ2v) is 6.23. The molecular weight excluding hydrogens is 334 g/mol. The van der Waals surface area contributed by atoms with E-state index in [1.807, 2.05) is 6.07 Å². The van der Waals surface area contributed by atoms with Crippen LogP contribution in [-0.2, 0) is 13.0 Å². The molecule has 0 aliphatic carbocycles. The first-order valence-corrected chi connectivity index (χ1v) is 8.49. The van der Waals surface area contributed by atoms with E-state index in [1.54, 1.807) is 22.8 Å². The van der Waals surface area contributed by atoms with Crippen molar-refractivity contribution in [2.45, 2.75) is 32.2 Å². The van der Waals surface area contributed by atoms with Gasteiger partial charge in [0.2, 0.25) is 5.88 Å². The lowest BCUT2D eigenvalue weighted by Gasteiger charge is -2.08. The Bertz CT molecular complexity index is 1080. The first-order chi connectivity index (χ1) is 12.6. The molecule has 0 fully saturated rings. The van der Waals surface area contributed by atoms with Gasteiger partial charge in [-0.3, -0.25) is 14.2 Å². The van der Waals surface area contributed by atoms with Crippen LogP contribution in [0.2, 0.25) is 0 Å². The van der Waals surface area contributed by atoms with Crippen LogP contribution in [0.25, 0.3) is 10.9 Å². The smallest absolute Gasteiger partial charge is 0.302 e. The molecule has 1 aromatic carbocycles. The maximum absolute atomic E-state index is 12.6. The van der Waals surface area contributed by atoms with Gasteiger partial charge >= 0.3 is 5.91 Å². The minimum Gasteiger partial charge on any atom is -0.493 e. The summed E-state index contributed by atoms with van der Waals surface area (Å²) in [6, 6.07) is 7.13. The van der Waals surface area contributed by atoms with Crippen molar-refractivity contribution in [1.29, 1.82) is 0 Å². The monoisotopic (exact) mass is 351 g/mol. The number of rotatable bonds is 2. The van der Waals surface area contributed by atoms with Gasteiger partial charge in [-0.15, -0.1) is 10.2 Å². The van der Waals surface area contributed by atoms with Crippen molar-refractivity contribution in [2.75, 3.05) is 0 Å². The Hall–Kier alpha value is -3.29. The van der Waals surface area contributed by atoms with Crippen LogP contribution >= 0.6 is 0 Å². The molecule has 2 N–H and O–H groups in total. The number of carbonyl (C=O) groups excluding carboxylic acids is 1.